The van der Waals surface area contributed by atoms with Crippen LogP contribution in [0, 0.1) is 0 Å². The standard InChI is InChI=1S/C16H15N3O3/c1-10(22-2)11-3-5-12(6-4-11)13-8-17-15-7-14(16(20)21)18-19(15)9-13/h3-10H,1-2H3,(H,20,21)/t10-/m1/s1. The average molecular weight is 297 g/mol. The number of rotatable bonds is 4. The molecule has 0 saturated carbocycles. The number of fused-ring (bicyclic) bond motifs is 1. The highest BCUT2D eigenvalue weighted by Crippen LogP contribution is 2.23. The fourth-order valence-electron chi connectivity index (χ4n) is 2.21. The number of methoxy groups -OCH3 is 1. The number of carbonyl (C=O) groups is 1. The van der Waals surface area contributed by atoms with Crippen LogP contribution < -0.4 is 0 Å². The Morgan fingerprint density at radius 3 is 2.64 bits per heavy atom. The summed E-state index contributed by atoms with van der Waals surface area (Å²) >= 11 is 0. The van der Waals surface area contributed by atoms with E-state index in [1.165, 1.54) is 10.6 Å². The minimum Gasteiger partial charge on any atom is -0.476 e. The molecule has 0 fully saturated rings. The highest BCUT2D eigenvalue weighted by Gasteiger charge is 2.10. The zero-order valence-electron chi connectivity index (χ0n) is 12.2. The molecule has 0 aliphatic carbocycles. The minimum atomic E-state index is -1.06. The molecular weight excluding hydrogens is 282 g/mol. The summed E-state index contributed by atoms with van der Waals surface area (Å²) in [5, 5.41) is 13.0. The van der Waals surface area contributed by atoms with Gasteiger partial charge in [0, 0.05) is 31.1 Å². The Balaban J connectivity index is 1.97. The SMILES string of the molecule is CO[C@H](C)c1ccc(-c2cnc3cc(C(=O)O)nn3c2)cc1. The third kappa shape index (κ3) is 2.56. The van der Waals surface area contributed by atoms with E-state index in [9.17, 15) is 4.79 Å². The van der Waals surface area contributed by atoms with Gasteiger partial charge in [-0.25, -0.2) is 14.3 Å². The zero-order valence-corrected chi connectivity index (χ0v) is 12.2. The Morgan fingerprint density at radius 2 is 2.00 bits per heavy atom. The third-order valence-electron chi connectivity index (χ3n) is 3.60. The summed E-state index contributed by atoms with van der Waals surface area (Å²) < 4.78 is 6.76. The number of nitrogens with zero attached hydrogens (tertiary/aromatic N) is 3. The summed E-state index contributed by atoms with van der Waals surface area (Å²) in [5.41, 5.74) is 3.42. The first-order valence-electron chi connectivity index (χ1n) is 6.80. The maximum Gasteiger partial charge on any atom is 0.356 e. The van der Waals surface area contributed by atoms with Crippen molar-refractivity contribution < 1.29 is 14.6 Å². The molecule has 112 valence electrons. The third-order valence-corrected chi connectivity index (χ3v) is 3.60. The van der Waals surface area contributed by atoms with Crippen LogP contribution in [0.25, 0.3) is 16.8 Å². The van der Waals surface area contributed by atoms with Crippen LogP contribution in [0.2, 0.25) is 0 Å². The van der Waals surface area contributed by atoms with Crippen LogP contribution in [-0.4, -0.2) is 32.8 Å². The second-order valence-corrected chi connectivity index (χ2v) is 4.98. The number of hydrogen-bond acceptors (Lipinski definition) is 4. The number of hydrogen-bond donors (Lipinski definition) is 1. The smallest absolute Gasteiger partial charge is 0.356 e. The number of ether oxygens (including phenoxy) is 1. The molecule has 1 atom stereocenters. The zero-order chi connectivity index (χ0) is 15.7. The predicted molar refractivity (Wildman–Crippen MR) is 80.8 cm³/mol. The van der Waals surface area contributed by atoms with Crippen molar-refractivity contribution in [1.82, 2.24) is 14.6 Å². The topological polar surface area (TPSA) is 76.7 Å². The molecule has 0 radical (unpaired) electrons. The van der Waals surface area contributed by atoms with Crippen LogP contribution in [0.4, 0.5) is 0 Å². The normalized spacial score (nSPS) is 12.5. The van der Waals surface area contributed by atoms with Gasteiger partial charge in [-0.2, -0.15) is 5.10 Å². The first kappa shape index (κ1) is 14.2. The molecule has 0 spiro atoms. The Labute approximate surface area is 127 Å². The monoisotopic (exact) mass is 297 g/mol. The second-order valence-electron chi connectivity index (χ2n) is 4.98. The highest BCUT2D eigenvalue weighted by atomic mass is 16.5. The molecule has 2 aromatic heterocycles. The highest BCUT2D eigenvalue weighted by molar-refractivity contribution is 5.86. The lowest BCUT2D eigenvalue weighted by molar-refractivity contribution is 0.0690. The molecular formula is C16H15N3O3. The van der Waals surface area contributed by atoms with Gasteiger partial charge in [-0.3, -0.25) is 0 Å². The molecule has 2 heterocycles. The van der Waals surface area contributed by atoms with Crippen molar-refractivity contribution in [3.63, 3.8) is 0 Å². The quantitative estimate of drug-likeness (QED) is 0.801. The van der Waals surface area contributed by atoms with Crippen LogP contribution in [0.3, 0.4) is 0 Å². The van der Waals surface area contributed by atoms with Crippen LogP contribution in [0.5, 0.6) is 0 Å². The van der Waals surface area contributed by atoms with Gasteiger partial charge in [0.25, 0.3) is 0 Å². The lowest BCUT2D eigenvalue weighted by Crippen LogP contribution is -1.98. The summed E-state index contributed by atoms with van der Waals surface area (Å²) in [5.74, 6) is -1.06. The van der Waals surface area contributed by atoms with Crippen LogP contribution >= 0.6 is 0 Å². The Bertz CT molecular complexity index is 824. The molecule has 0 amide bonds. The summed E-state index contributed by atoms with van der Waals surface area (Å²) in [7, 11) is 1.67. The van der Waals surface area contributed by atoms with E-state index < -0.39 is 5.97 Å². The maximum atomic E-state index is 10.9. The van der Waals surface area contributed by atoms with E-state index in [2.05, 4.69) is 10.1 Å². The second kappa shape index (κ2) is 5.57. The lowest BCUT2D eigenvalue weighted by atomic mass is 10.0. The van der Waals surface area contributed by atoms with Gasteiger partial charge < -0.3 is 9.84 Å². The van der Waals surface area contributed by atoms with Gasteiger partial charge in [0.2, 0.25) is 0 Å². The van der Waals surface area contributed by atoms with E-state index in [0.717, 1.165) is 16.7 Å². The van der Waals surface area contributed by atoms with Crippen molar-refractivity contribution in [2.75, 3.05) is 7.11 Å². The van der Waals surface area contributed by atoms with Crippen LogP contribution in [0.1, 0.15) is 29.1 Å². The van der Waals surface area contributed by atoms with Crippen molar-refractivity contribution >= 4 is 11.6 Å². The molecule has 0 bridgehead atoms. The van der Waals surface area contributed by atoms with Gasteiger partial charge in [0.1, 0.15) is 0 Å². The van der Waals surface area contributed by atoms with E-state index in [1.54, 1.807) is 19.5 Å². The first-order chi connectivity index (χ1) is 10.6. The molecule has 0 aliphatic rings. The number of carboxylic acids is 1. The van der Waals surface area contributed by atoms with Crippen LogP contribution in [0.15, 0.2) is 42.7 Å². The van der Waals surface area contributed by atoms with Gasteiger partial charge >= 0.3 is 5.97 Å². The number of benzene rings is 1. The summed E-state index contributed by atoms with van der Waals surface area (Å²) in [4.78, 5) is 15.2. The number of carboxylic acid groups (broad SMARTS) is 1. The fraction of sp³-hybridized carbons (Fsp3) is 0.188. The van der Waals surface area contributed by atoms with Crippen molar-refractivity contribution in [1.29, 1.82) is 0 Å². The molecule has 6 heteroatoms. The molecule has 1 aromatic carbocycles. The number of aromatic carboxylic acids is 1. The van der Waals surface area contributed by atoms with Gasteiger partial charge in [0.15, 0.2) is 11.3 Å². The largest absolute Gasteiger partial charge is 0.476 e. The number of aromatic nitrogens is 3. The van der Waals surface area contributed by atoms with E-state index in [0.29, 0.717) is 5.65 Å². The van der Waals surface area contributed by atoms with Gasteiger partial charge in [0.05, 0.1) is 6.10 Å². The predicted octanol–water partition coefficient (Wildman–Crippen LogP) is 2.80. The molecule has 0 aliphatic heterocycles. The Morgan fingerprint density at radius 1 is 1.27 bits per heavy atom. The van der Waals surface area contributed by atoms with Gasteiger partial charge in [-0.15, -0.1) is 0 Å². The molecule has 3 aromatic rings. The van der Waals surface area contributed by atoms with Crippen molar-refractivity contribution in [3.05, 3.63) is 54.0 Å². The van der Waals surface area contributed by atoms with Gasteiger partial charge in [-0.05, 0) is 18.1 Å². The van der Waals surface area contributed by atoms with E-state index >= 15 is 0 Å². The first-order valence-corrected chi connectivity index (χ1v) is 6.80. The van der Waals surface area contributed by atoms with E-state index in [1.807, 2.05) is 31.2 Å². The molecule has 22 heavy (non-hydrogen) atoms. The van der Waals surface area contributed by atoms with E-state index in [4.69, 9.17) is 9.84 Å². The van der Waals surface area contributed by atoms with Crippen molar-refractivity contribution in [2.24, 2.45) is 0 Å². The summed E-state index contributed by atoms with van der Waals surface area (Å²) in [6.07, 6.45) is 3.51. The van der Waals surface area contributed by atoms with Crippen molar-refractivity contribution in [2.45, 2.75) is 13.0 Å². The lowest BCUT2D eigenvalue weighted by Gasteiger charge is -2.10. The maximum absolute atomic E-state index is 10.9. The van der Waals surface area contributed by atoms with Crippen LogP contribution in [-0.2, 0) is 4.74 Å². The summed E-state index contributed by atoms with van der Waals surface area (Å²) in [6.45, 7) is 1.99. The molecule has 1 N–H and O–H groups in total. The molecule has 0 unspecified atom stereocenters. The molecule has 0 saturated heterocycles. The Kier molecular flexibility index (Phi) is 3.60. The van der Waals surface area contributed by atoms with E-state index in [-0.39, 0.29) is 11.8 Å². The molecule has 3 rings (SSSR count). The molecule has 6 nitrogen and oxygen atoms in total. The Hall–Kier alpha value is -2.73. The summed E-state index contributed by atoms with van der Waals surface area (Å²) in [6, 6.07) is 9.40. The van der Waals surface area contributed by atoms with Crippen molar-refractivity contribution in [3.8, 4) is 11.1 Å². The fourth-order valence-corrected chi connectivity index (χ4v) is 2.21. The minimum absolute atomic E-state index is 0.0195. The van der Waals surface area contributed by atoms with Gasteiger partial charge in [-0.1, -0.05) is 24.3 Å². The average Bonchev–Trinajstić information content (AvgIpc) is 2.97.